The predicted molar refractivity (Wildman–Crippen MR) is 82.6 cm³/mol. The topological polar surface area (TPSA) is 87.7 Å². The van der Waals surface area contributed by atoms with Crippen LogP contribution in [0.3, 0.4) is 0 Å². The first-order valence-corrected chi connectivity index (χ1v) is 8.08. The number of carbonyl (C=O) groups excluding carboxylic acids is 3. The molecule has 22 heavy (non-hydrogen) atoms. The Bertz CT molecular complexity index is 520. The molecule has 0 aromatic rings. The van der Waals surface area contributed by atoms with Gasteiger partial charge in [-0.05, 0) is 6.42 Å². The second-order valence-electron chi connectivity index (χ2n) is 5.07. The van der Waals surface area contributed by atoms with Crippen molar-refractivity contribution >= 4 is 29.8 Å². The molecule has 0 aromatic carbocycles. The number of β-lactam (4-membered cyclic amide) rings is 1. The molecular weight excluding hydrogens is 306 g/mol. The molecule has 0 aromatic heterocycles. The first-order chi connectivity index (χ1) is 10.5. The summed E-state index contributed by atoms with van der Waals surface area (Å²) in [5.41, 5.74) is 0. The van der Waals surface area contributed by atoms with Gasteiger partial charge in [0.05, 0.1) is 19.4 Å². The Morgan fingerprint density at radius 2 is 2.23 bits per heavy atom. The molecule has 0 saturated carbocycles. The van der Waals surface area contributed by atoms with Crippen molar-refractivity contribution in [1.82, 2.24) is 14.9 Å². The molecule has 0 unspecified atom stereocenters. The second kappa shape index (κ2) is 7.35. The number of imide groups is 1. The van der Waals surface area contributed by atoms with Crippen LogP contribution in [0.4, 0.5) is 4.79 Å². The monoisotopic (exact) mass is 325 g/mol. The van der Waals surface area contributed by atoms with Crippen LogP contribution in [0.25, 0.3) is 0 Å². The van der Waals surface area contributed by atoms with Crippen molar-refractivity contribution in [1.29, 1.82) is 0 Å². The van der Waals surface area contributed by atoms with E-state index in [1.54, 1.807) is 4.31 Å². The van der Waals surface area contributed by atoms with E-state index < -0.39 is 11.9 Å². The average Bonchev–Trinajstić information content (AvgIpc) is 2.90. The van der Waals surface area contributed by atoms with Gasteiger partial charge in [0.15, 0.2) is 0 Å². The van der Waals surface area contributed by atoms with Gasteiger partial charge in [0.1, 0.15) is 0 Å². The molecule has 0 bridgehead atoms. The number of hydrogen-bond donors (Lipinski definition) is 2. The highest BCUT2D eigenvalue weighted by Crippen LogP contribution is 2.36. The summed E-state index contributed by atoms with van der Waals surface area (Å²) in [6, 6.07) is -0.490. The smallest absolute Gasteiger partial charge is 0.322 e. The maximum atomic E-state index is 11.7. The number of methoxy groups -OCH3 is 1. The summed E-state index contributed by atoms with van der Waals surface area (Å²) < 4.78 is 6.37. The van der Waals surface area contributed by atoms with Crippen LogP contribution in [0.1, 0.15) is 12.8 Å². The summed E-state index contributed by atoms with van der Waals surface area (Å²) in [4.78, 5) is 34.5. The molecule has 2 aliphatic rings. The Labute approximate surface area is 133 Å². The fourth-order valence-electron chi connectivity index (χ4n) is 2.59. The van der Waals surface area contributed by atoms with Crippen LogP contribution < -0.4 is 10.6 Å². The standard InChI is InChI=1S/C14H19N3O4S/c1-21-6-5-12(18)16-14(20)15-10-4-3-9(7-10)11-8-13(19)17(11)22-2/h3-6,9-11H,7-8H2,1-2H3,(H2,15,16,18,20)/b6-5+/t9-,10+,11+/m1/s1. The lowest BCUT2D eigenvalue weighted by Crippen LogP contribution is -2.52. The highest BCUT2D eigenvalue weighted by atomic mass is 32.2. The number of urea groups is 1. The van der Waals surface area contributed by atoms with Crippen molar-refractivity contribution in [2.24, 2.45) is 5.92 Å². The van der Waals surface area contributed by atoms with Crippen molar-refractivity contribution in [2.45, 2.75) is 24.9 Å². The first kappa shape index (κ1) is 16.4. The van der Waals surface area contributed by atoms with Crippen molar-refractivity contribution in [3.05, 3.63) is 24.5 Å². The Balaban J connectivity index is 1.76. The van der Waals surface area contributed by atoms with Crippen LogP contribution in [0.2, 0.25) is 0 Å². The molecule has 1 heterocycles. The van der Waals surface area contributed by atoms with Gasteiger partial charge in [-0.1, -0.05) is 24.1 Å². The van der Waals surface area contributed by atoms with E-state index in [0.29, 0.717) is 6.42 Å². The van der Waals surface area contributed by atoms with E-state index in [-0.39, 0.29) is 23.9 Å². The third-order valence-corrected chi connectivity index (χ3v) is 4.51. The molecule has 2 rings (SSSR count). The molecular formula is C14H19N3O4S. The Kier molecular flexibility index (Phi) is 5.48. The van der Waals surface area contributed by atoms with Crippen LogP contribution in [0, 0.1) is 5.92 Å². The maximum Gasteiger partial charge on any atom is 0.322 e. The van der Waals surface area contributed by atoms with Crippen molar-refractivity contribution in [3.8, 4) is 0 Å². The second-order valence-corrected chi connectivity index (χ2v) is 5.82. The first-order valence-electron chi connectivity index (χ1n) is 6.90. The maximum absolute atomic E-state index is 11.7. The zero-order valence-electron chi connectivity index (χ0n) is 12.4. The molecule has 7 nitrogen and oxygen atoms in total. The molecule has 2 N–H and O–H groups in total. The molecule has 0 spiro atoms. The van der Waals surface area contributed by atoms with Crippen LogP contribution in [-0.2, 0) is 14.3 Å². The van der Waals surface area contributed by atoms with Crippen LogP contribution >= 0.6 is 11.9 Å². The van der Waals surface area contributed by atoms with E-state index in [9.17, 15) is 14.4 Å². The molecule has 1 aliphatic heterocycles. The summed E-state index contributed by atoms with van der Waals surface area (Å²) in [6.07, 6.45) is 9.41. The fraction of sp³-hybridized carbons (Fsp3) is 0.500. The Morgan fingerprint density at radius 1 is 1.45 bits per heavy atom. The van der Waals surface area contributed by atoms with E-state index in [2.05, 4.69) is 15.4 Å². The van der Waals surface area contributed by atoms with Crippen molar-refractivity contribution < 1.29 is 19.1 Å². The van der Waals surface area contributed by atoms with Crippen LogP contribution in [-0.4, -0.2) is 47.6 Å². The third kappa shape index (κ3) is 3.82. The minimum atomic E-state index is -0.549. The van der Waals surface area contributed by atoms with Gasteiger partial charge >= 0.3 is 6.03 Å². The molecule has 3 atom stereocenters. The molecule has 0 radical (unpaired) electrons. The zero-order chi connectivity index (χ0) is 16.1. The van der Waals surface area contributed by atoms with E-state index in [4.69, 9.17) is 0 Å². The normalized spacial score (nSPS) is 26.9. The number of amides is 4. The van der Waals surface area contributed by atoms with E-state index in [1.807, 2.05) is 18.4 Å². The van der Waals surface area contributed by atoms with Gasteiger partial charge in [0.25, 0.3) is 5.91 Å². The number of nitrogens with one attached hydrogen (secondary N) is 2. The number of ether oxygens (including phenoxy) is 1. The van der Waals surface area contributed by atoms with Gasteiger partial charge in [0.2, 0.25) is 5.91 Å². The number of hydrogen-bond acceptors (Lipinski definition) is 5. The van der Waals surface area contributed by atoms with Crippen molar-refractivity contribution in [3.63, 3.8) is 0 Å². The SMILES string of the molecule is CO/C=C/C(=O)NC(=O)N[C@H]1C=C[C@@H]([C@@H]2CC(=O)N2SC)C1. The summed E-state index contributed by atoms with van der Waals surface area (Å²) in [5.74, 6) is -0.161. The summed E-state index contributed by atoms with van der Waals surface area (Å²) in [7, 11) is 1.41. The van der Waals surface area contributed by atoms with Crippen LogP contribution in [0.5, 0.6) is 0 Å². The van der Waals surface area contributed by atoms with E-state index >= 15 is 0 Å². The highest BCUT2D eigenvalue weighted by molar-refractivity contribution is 7.96. The van der Waals surface area contributed by atoms with Gasteiger partial charge in [0, 0.05) is 30.7 Å². The Hall–Kier alpha value is -1.96. The predicted octanol–water partition coefficient (Wildman–Crippen LogP) is 0.796. The van der Waals surface area contributed by atoms with Gasteiger partial charge in [-0.15, -0.1) is 0 Å². The van der Waals surface area contributed by atoms with E-state index in [0.717, 1.165) is 12.5 Å². The quantitative estimate of drug-likeness (QED) is 0.257. The van der Waals surface area contributed by atoms with E-state index in [1.165, 1.54) is 25.3 Å². The third-order valence-electron chi connectivity index (χ3n) is 3.65. The molecule has 8 heteroatoms. The average molecular weight is 325 g/mol. The molecule has 1 aliphatic carbocycles. The minimum Gasteiger partial charge on any atom is -0.504 e. The van der Waals surface area contributed by atoms with Crippen molar-refractivity contribution in [2.75, 3.05) is 13.4 Å². The Morgan fingerprint density at radius 3 is 2.86 bits per heavy atom. The molecule has 1 fully saturated rings. The summed E-state index contributed by atoms with van der Waals surface area (Å²) in [6.45, 7) is 0. The van der Waals surface area contributed by atoms with Crippen LogP contribution in [0.15, 0.2) is 24.5 Å². The van der Waals surface area contributed by atoms with Gasteiger partial charge in [-0.2, -0.15) is 0 Å². The fourth-order valence-corrected chi connectivity index (χ4v) is 3.37. The minimum absolute atomic E-state index is 0.136. The molecule has 1 saturated heterocycles. The lowest BCUT2D eigenvalue weighted by atomic mass is 9.90. The summed E-state index contributed by atoms with van der Waals surface area (Å²) >= 11 is 1.43. The summed E-state index contributed by atoms with van der Waals surface area (Å²) in [5, 5.41) is 4.90. The number of nitrogens with zero attached hydrogens (tertiary/aromatic N) is 1. The number of rotatable bonds is 5. The number of carbonyl (C=O) groups is 3. The molecule has 4 amide bonds. The zero-order valence-corrected chi connectivity index (χ0v) is 13.3. The molecule has 120 valence electrons. The van der Waals surface area contributed by atoms with Gasteiger partial charge in [-0.3, -0.25) is 19.2 Å². The largest absolute Gasteiger partial charge is 0.504 e. The lowest BCUT2D eigenvalue weighted by Gasteiger charge is -2.41. The lowest BCUT2D eigenvalue weighted by molar-refractivity contribution is -0.138. The van der Waals surface area contributed by atoms with Gasteiger partial charge < -0.3 is 10.1 Å². The van der Waals surface area contributed by atoms with Gasteiger partial charge in [-0.25, -0.2) is 4.79 Å². The highest BCUT2D eigenvalue weighted by Gasteiger charge is 2.42.